The van der Waals surface area contributed by atoms with Crippen LogP contribution < -0.4 is 5.32 Å². The lowest BCUT2D eigenvalue weighted by Gasteiger charge is -2.19. The number of hydrogen-bond donors (Lipinski definition) is 1. The first-order valence-electron chi connectivity index (χ1n) is 9.82. The topological polar surface area (TPSA) is 92.8 Å². The summed E-state index contributed by atoms with van der Waals surface area (Å²) in [6.07, 6.45) is 3.32. The largest absolute Gasteiger partial charge is 0.456 e. The van der Waals surface area contributed by atoms with Crippen LogP contribution in [0, 0.1) is 11.8 Å². The number of carbonyl (C=O) groups excluding carboxylic acids is 4. The van der Waals surface area contributed by atoms with E-state index in [1.165, 1.54) is 4.90 Å². The van der Waals surface area contributed by atoms with Crippen LogP contribution in [0.15, 0.2) is 30.3 Å². The van der Waals surface area contributed by atoms with Crippen LogP contribution in [0.4, 0.5) is 0 Å². The van der Waals surface area contributed by atoms with Crippen LogP contribution >= 0.6 is 0 Å². The van der Waals surface area contributed by atoms with Crippen LogP contribution in [-0.2, 0) is 23.9 Å². The molecule has 1 aromatic rings. The van der Waals surface area contributed by atoms with E-state index in [0.717, 1.165) is 31.2 Å². The predicted octanol–water partition coefficient (Wildman–Crippen LogP) is 1.97. The van der Waals surface area contributed by atoms with Crippen molar-refractivity contribution in [2.45, 2.75) is 45.1 Å². The van der Waals surface area contributed by atoms with E-state index in [4.69, 9.17) is 4.74 Å². The molecule has 0 aromatic heterocycles. The molecule has 0 radical (unpaired) electrons. The summed E-state index contributed by atoms with van der Waals surface area (Å²) in [7, 11) is 0. The van der Waals surface area contributed by atoms with E-state index in [0.29, 0.717) is 0 Å². The van der Waals surface area contributed by atoms with Gasteiger partial charge in [-0.25, -0.2) is 0 Å². The monoisotopic (exact) mass is 386 g/mol. The molecule has 3 atom stereocenters. The standard InChI is InChI=1S/C21H26N2O5/c1-14(15-7-3-2-4-8-15)22-18(24)13-28-19(25)11-12-23-20(26)16-9-5-6-10-17(16)21(23)27/h2-4,7-8,14,16-17H,5-6,9-13H2,1H3,(H,22,24)/t14-,16-,17+/m1/s1. The van der Waals surface area contributed by atoms with E-state index < -0.39 is 11.9 Å². The maximum Gasteiger partial charge on any atom is 0.308 e. The minimum Gasteiger partial charge on any atom is -0.456 e. The Morgan fingerprint density at radius 1 is 1.11 bits per heavy atom. The van der Waals surface area contributed by atoms with Crippen LogP contribution in [0.2, 0.25) is 0 Å². The zero-order valence-corrected chi connectivity index (χ0v) is 16.1. The molecule has 3 amide bonds. The molecule has 7 nitrogen and oxygen atoms in total. The molecule has 1 saturated carbocycles. The van der Waals surface area contributed by atoms with Crippen LogP contribution in [0.5, 0.6) is 0 Å². The third-order valence-electron chi connectivity index (χ3n) is 5.51. The molecular weight excluding hydrogens is 360 g/mol. The first kappa shape index (κ1) is 20.0. The van der Waals surface area contributed by atoms with Gasteiger partial charge in [0.15, 0.2) is 6.61 Å². The molecule has 1 aliphatic carbocycles. The average molecular weight is 386 g/mol. The Bertz CT molecular complexity index is 724. The molecule has 3 rings (SSSR count). The van der Waals surface area contributed by atoms with Gasteiger partial charge in [-0.1, -0.05) is 43.2 Å². The van der Waals surface area contributed by atoms with Crippen molar-refractivity contribution >= 4 is 23.7 Å². The van der Waals surface area contributed by atoms with Crippen LogP contribution in [0.25, 0.3) is 0 Å². The van der Waals surface area contributed by atoms with Crippen molar-refractivity contribution in [2.24, 2.45) is 11.8 Å². The lowest BCUT2D eigenvalue weighted by atomic mass is 9.81. The fourth-order valence-electron chi connectivity index (χ4n) is 3.98. The van der Waals surface area contributed by atoms with E-state index in [2.05, 4.69) is 5.32 Å². The van der Waals surface area contributed by atoms with E-state index in [9.17, 15) is 19.2 Å². The van der Waals surface area contributed by atoms with Crippen molar-refractivity contribution in [3.63, 3.8) is 0 Å². The Hall–Kier alpha value is -2.70. The molecule has 1 heterocycles. The lowest BCUT2D eigenvalue weighted by molar-refractivity contribution is -0.150. The fraction of sp³-hybridized carbons (Fsp3) is 0.524. The summed E-state index contributed by atoms with van der Waals surface area (Å²) in [5, 5.41) is 2.76. The van der Waals surface area contributed by atoms with Crippen LogP contribution in [0.3, 0.4) is 0 Å². The molecule has 2 aliphatic rings. The second kappa shape index (κ2) is 8.99. The molecule has 1 saturated heterocycles. The van der Waals surface area contributed by atoms with Gasteiger partial charge in [0.25, 0.3) is 5.91 Å². The first-order chi connectivity index (χ1) is 13.5. The Kier molecular flexibility index (Phi) is 6.44. The van der Waals surface area contributed by atoms with Gasteiger partial charge in [0.1, 0.15) is 0 Å². The SMILES string of the molecule is C[C@@H](NC(=O)COC(=O)CCN1C(=O)[C@H]2CCCC[C@H]2C1=O)c1ccccc1. The number of amides is 3. The number of fused-ring (bicyclic) bond motifs is 1. The van der Waals surface area contributed by atoms with Gasteiger partial charge in [0.2, 0.25) is 11.8 Å². The first-order valence-corrected chi connectivity index (χ1v) is 9.82. The number of imide groups is 1. The van der Waals surface area contributed by atoms with Gasteiger partial charge in [-0.05, 0) is 25.3 Å². The number of nitrogens with zero attached hydrogens (tertiary/aromatic N) is 1. The number of carbonyl (C=O) groups is 4. The fourth-order valence-corrected chi connectivity index (χ4v) is 3.98. The zero-order chi connectivity index (χ0) is 20.1. The summed E-state index contributed by atoms with van der Waals surface area (Å²) < 4.78 is 4.99. The van der Waals surface area contributed by atoms with E-state index in [-0.39, 0.29) is 49.3 Å². The van der Waals surface area contributed by atoms with Gasteiger partial charge in [0.05, 0.1) is 24.3 Å². The van der Waals surface area contributed by atoms with Gasteiger partial charge in [-0.2, -0.15) is 0 Å². The molecule has 1 aliphatic heterocycles. The maximum absolute atomic E-state index is 12.4. The zero-order valence-electron chi connectivity index (χ0n) is 16.1. The Morgan fingerprint density at radius 2 is 1.71 bits per heavy atom. The van der Waals surface area contributed by atoms with Crippen LogP contribution in [-0.4, -0.2) is 41.7 Å². The maximum atomic E-state index is 12.4. The quantitative estimate of drug-likeness (QED) is 0.571. The highest BCUT2D eigenvalue weighted by Gasteiger charge is 2.47. The summed E-state index contributed by atoms with van der Waals surface area (Å²) in [4.78, 5) is 49.8. The van der Waals surface area contributed by atoms with Crippen molar-refractivity contribution in [2.75, 3.05) is 13.2 Å². The van der Waals surface area contributed by atoms with Gasteiger partial charge in [-0.3, -0.25) is 24.1 Å². The summed E-state index contributed by atoms with van der Waals surface area (Å²) in [6.45, 7) is 1.48. The Balaban J connectivity index is 1.40. The third kappa shape index (κ3) is 4.58. The van der Waals surface area contributed by atoms with Crippen LogP contribution in [0.1, 0.15) is 50.6 Å². The highest BCUT2D eigenvalue weighted by Crippen LogP contribution is 2.37. The molecule has 7 heteroatoms. The van der Waals surface area contributed by atoms with Gasteiger partial charge < -0.3 is 10.1 Å². The predicted molar refractivity (Wildman–Crippen MR) is 101 cm³/mol. The van der Waals surface area contributed by atoms with Crippen molar-refractivity contribution in [3.05, 3.63) is 35.9 Å². The molecule has 0 unspecified atom stereocenters. The molecule has 2 fully saturated rings. The molecule has 1 N–H and O–H groups in total. The molecule has 0 spiro atoms. The highest BCUT2D eigenvalue weighted by atomic mass is 16.5. The second-order valence-corrected chi connectivity index (χ2v) is 7.44. The van der Waals surface area contributed by atoms with Gasteiger partial charge in [0, 0.05) is 6.54 Å². The van der Waals surface area contributed by atoms with Crippen molar-refractivity contribution in [1.82, 2.24) is 10.2 Å². The molecule has 1 aromatic carbocycles. The summed E-state index contributed by atoms with van der Waals surface area (Å²) >= 11 is 0. The smallest absolute Gasteiger partial charge is 0.308 e. The minimum absolute atomic E-state index is 0.0194. The molecular formula is C21H26N2O5. The number of esters is 1. The van der Waals surface area contributed by atoms with Crippen molar-refractivity contribution in [3.8, 4) is 0 Å². The second-order valence-electron chi connectivity index (χ2n) is 7.44. The number of hydrogen-bond acceptors (Lipinski definition) is 5. The number of ether oxygens (including phenoxy) is 1. The van der Waals surface area contributed by atoms with Gasteiger partial charge >= 0.3 is 5.97 Å². The number of likely N-dealkylation sites (tertiary alicyclic amines) is 1. The number of rotatable bonds is 7. The van der Waals surface area contributed by atoms with E-state index in [1.807, 2.05) is 37.3 Å². The summed E-state index contributed by atoms with van der Waals surface area (Å²) in [6, 6.07) is 9.27. The molecule has 0 bridgehead atoms. The number of nitrogens with one attached hydrogen (secondary N) is 1. The summed E-state index contributed by atoms with van der Waals surface area (Å²) in [5.74, 6) is -1.78. The van der Waals surface area contributed by atoms with Gasteiger partial charge in [-0.15, -0.1) is 0 Å². The normalized spacial score (nSPS) is 22.5. The summed E-state index contributed by atoms with van der Waals surface area (Å²) in [5.41, 5.74) is 0.953. The Labute approximate surface area is 164 Å². The van der Waals surface area contributed by atoms with E-state index >= 15 is 0 Å². The van der Waals surface area contributed by atoms with Crippen molar-refractivity contribution < 1.29 is 23.9 Å². The third-order valence-corrected chi connectivity index (χ3v) is 5.51. The van der Waals surface area contributed by atoms with Crippen molar-refractivity contribution in [1.29, 1.82) is 0 Å². The Morgan fingerprint density at radius 3 is 2.32 bits per heavy atom. The number of benzene rings is 1. The van der Waals surface area contributed by atoms with E-state index in [1.54, 1.807) is 0 Å². The highest BCUT2D eigenvalue weighted by molar-refractivity contribution is 6.05. The molecule has 28 heavy (non-hydrogen) atoms. The molecule has 150 valence electrons. The average Bonchev–Trinajstić information content (AvgIpc) is 2.96. The lowest BCUT2D eigenvalue weighted by Crippen LogP contribution is -2.34. The minimum atomic E-state index is -0.599.